The molecule has 0 aliphatic heterocycles. The zero-order valence-electron chi connectivity index (χ0n) is 13.6. The van der Waals surface area contributed by atoms with Gasteiger partial charge >= 0.3 is 0 Å². The van der Waals surface area contributed by atoms with Gasteiger partial charge in [0.25, 0.3) is 0 Å². The molecule has 0 saturated heterocycles. The molecule has 0 N–H and O–H groups in total. The number of fused-ring (bicyclic) bond motifs is 2. The molecular formula is C18H19FN2O3. The summed E-state index contributed by atoms with van der Waals surface area (Å²) in [5, 5.41) is 1.99. The van der Waals surface area contributed by atoms with Crippen LogP contribution in [0.15, 0.2) is 30.5 Å². The van der Waals surface area contributed by atoms with Crippen LogP contribution in [-0.2, 0) is 9.63 Å². The van der Waals surface area contributed by atoms with Gasteiger partial charge in [0.1, 0.15) is 11.6 Å². The Kier molecular flexibility index (Phi) is 3.64. The van der Waals surface area contributed by atoms with Gasteiger partial charge in [0.2, 0.25) is 5.91 Å². The third-order valence-electron chi connectivity index (χ3n) is 5.23. The zero-order valence-corrected chi connectivity index (χ0v) is 13.6. The Balaban J connectivity index is 1.45. The molecule has 6 heteroatoms. The largest absolute Gasteiger partial charge is 0.490 e. The molecule has 1 amide bonds. The SMILES string of the molecule is CON(C)C(=O)C1[C@H]2CC(Oc3ccnc4ccc(F)cc34)C[C@@H]12. The fourth-order valence-electron chi connectivity index (χ4n) is 3.93. The molecule has 1 aromatic heterocycles. The molecule has 126 valence electrons. The van der Waals surface area contributed by atoms with Crippen LogP contribution in [0.2, 0.25) is 0 Å². The third-order valence-corrected chi connectivity index (χ3v) is 5.23. The summed E-state index contributed by atoms with van der Waals surface area (Å²) in [7, 11) is 3.14. The monoisotopic (exact) mass is 330 g/mol. The number of pyridine rings is 1. The molecule has 4 atom stereocenters. The fraction of sp³-hybridized carbons (Fsp3) is 0.444. The van der Waals surface area contributed by atoms with Crippen LogP contribution in [0.3, 0.4) is 0 Å². The molecule has 2 saturated carbocycles. The Bertz CT molecular complexity index is 785. The van der Waals surface area contributed by atoms with Crippen LogP contribution < -0.4 is 4.74 Å². The van der Waals surface area contributed by atoms with E-state index in [4.69, 9.17) is 9.57 Å². The molecular weight excluding hydrogens is 311 g/mol. The Morgan fingerprint density at radius 1 is 1.29 bits per heavy atom. The third kappa shape index (κ3) is 2.51. The summed E-state index contributed by atoms with van der Waals surface area (Å²) in [6.45, 7) is 0. The maximum Gasteiger partial charge on any atom is 0.249 e. The van der Waals surface area contributed by atoms with Gasteiger partial charge in [-0.3, -0.25) is 14.6 Å². The van der Waals surface area contributed by atoms with Crippen molar-refractivity contribution in [2.75, 3.05) is 14.2 Å². The highest BCUT2D eigenvalue weighted by Gasteiger charge is 2.61. The molecule has 1 aromatic carbocycles. The minimum atomic E-state index is -0.303. The molecule has 1 heterocycles. The molecule has 2 aliphatic carbocycles. The van der Waals surface area contributed by atoms with Crippen molar-refractivity contribution >= 4 is 16.8 Å². The average Bonchev–Trinajstić information content (AvgIpc) is 3.09. The molecule has 24 heavy (non-hydrogen) atoms. The lowest BCUT2D eigenvalue weighted by molar-refractivity contribution is -0.171. The molecule has 2 aliphatic rings. The molecule has 0 bridgehead atoms. The highest BCUT2D eigenvalue weighted by Crippen LogP contribution is 2.58. The first-order valence-corrected chi connectivity index (χ1v) is 8.11. The summed E-state index contributed by atoms with van der Waals surface area (Å²) < 4.78 is 19.6. The van der Waals surface area contributed by atoms with Crippen molar-refractivity contribution in [3.8, 4) is 5.75 Å². The smallest absolute Gasteiger partial charge is 0.249 e. The van der Waals surface area contributed by atoms with Crippen LogP contribution in [0, 0.1) is 23.6 Å². The van der Waals surface area contributed by atoms with Gasteiger partial charge in [0.15, 0.2) is 0 Å². The Morgan fingerprint density at radius 3 is 2.75 bits per heavy atom. The van der Waals surface area contributed by atoms with Gasteiger partial charge in [-0.2, -0.15) is 0 Å². The summed E-state index contributed by atoms with van der Waals surface area (Å²) in [6.07, 6.45) is 3.42. The van der Waals surface area contributed by atoms with Crippen LogP contribution in [0.4, 0.5) is 4.39 Å². The van der Waals surface area contributed by atoms with Crippen molar-refractivity contribution in [1.29, 1.82) is 0 Å². The van der Waals surface area contributed by atoms with Gasteiger partial charge in [0.05, 0.1) is 18.7 Å². The number of rotatable bonds is 4. The van der Waals surface area contributed by atoms with Gasteiger partial charge in [0, 0.05) is 24.5 Å². The lowest BCUT2D eigenvalue weighted by Crippen LogP contribution is -2.29. The molecule has 2 aromatic rings. The maximum absolute atomic E-state index is 13.5. The summed E-state index contributed by atoms with van der Waals surface area (Å²) >= 11 is 0. The van der Waals surface area contributed by atoms with E-state index >= 15 is 0 Å². The predicted octanol–water partition coefficient (Wildman–Crippen LogP) is 2.80. The molecule has 5 nitrogen and oxygen atoms in total. The normalized spacial score (nSPS) is 27.8. The minimum Gasteiger partial charge on any atom is -0.490 e. The number of hydroxylamine groups is 2. The van der Waals surface area contributed by atoms with E-state index in [9.17, 15) is 9.18 Å². The molecule has 2 fully saturated rings. The van der Waals surface area contributed by atoms with Crippen molar-refractivity contribution in [2.24, 2.45) is 17.8 Å². The lowest BCUT2D eigenvalue weighted by Gasteiger charge is -2.19. The van der Waals surface area contributed by atoms with Gasteiger partial charge in [-0.15, -0.1) is 0 Å². The standard InChI is InChI=1S/C18H19FN2O3/c1-21(23-2)18(22)17-12-8-11(9-13(12)17)24-16-5-6-20-15-4-3-10(19)7-14(15)16/h3-7,11-13,17H,8-9H2,1-2H3/t11?,12-,13+,17?. The van der Waals surface area contributed by atoms with Gasteiger partial charge in [-0.05, 0) is 48.9 Å². The van der Waals surface area contributed by atoms with Gasteiger partial charge in [-0.1, -0.05) is 0 Å². The average molecular weight is 330 g/mol. The quantitative estimate of drug-likeness (QED) is 0.809. The highest BCUT2D eigenvalue weighted by atomic mass is 19.1. The number of halogens is 1. The van der Waals surface area contributed by atoms with Crippen LogP contribution >= 0.6 is 0 Å². The van der Waals surface area contributed by atoms with E-state index in [-0.39, 0.29) is 23.7 Å². The first-order valence-electron chi connectivity index (χ1n) is 8.11. The Labute approximate surface area is 139 Å². The summed E-state index contributed by atoms with van der Waals surface area (Å²) in [4.78, 5) is 21.3. The number of benzene rings is 1. The van der Waals surface area contributed by atoms with E-state index < -0.39 is 0 Å². The topological polar surface area (TPSA) is 51.7 Å². The number of amides is 1. The van der Waals surface area contributed by atoms with Gasteiger partial charge < -0.3 is 4.74 Å². The second-order valence-corrected chi connectivity index (χ2v) is 6.55. The van der Waals surface area contributed by atoms with Crippen molar-refractivity contribution in [1.82, 2.24) is 10.0 Å². The van der Waals surface area contributed by atoms with Crippen LogP contribution in [0.25, 0.3) is 10.9 Å². The number of aromatic nitrogens is 1. The van der Waals surface area contributed by atoms with Crippen molar-refractivity contribution < 1.29 is 18.8 Å². The first-order chi connectivity index (χ1) is 11.6. The van der Waals surface area contributed by atoms with Crippen molar-refractivity contribution in [3.05, 3.63) is 36.3 Å². The maximum atomic E-state index is 13.5. The van der Waals surface area contributed by atoms with E-state index in [1.54, 1.807) is 25.4 Å². The Hall–Kier alpha value is -2.21. The van der Waals surface area contributed by atoms with E-state index in [2.05, 4.69) is 4.98 Å². The second-order valence-electron chi connectivity index (χ2n) is 6.55. The predicted molar refractivity (Wildman–Crippen MR) is 85.6 cm³/mol. The Morgan fingerprint density at radius 2 is 2.04 bits per heavy atom. The molecule has 0 spiro atoms. The summed E-state index contributed by atoms with van der Waals surface area (Å²) in [5.41, 5.74) is 0.715. The molecule has 4 rings (SSSR count). The van der Waals surface area contributed by atoms with Crippen LogP contribution in [0.1, 0.15) is 12.8 Å². The number of nitrogens with zero attached hydrogens (tertiary/aromatic N) is 2. The van der Waals surface area contributed by atoms with Crippen molar-refractivity contribution in [2.45, 2.75) is 18.9 Å². The number of hydrogen-bond acceptors (Lipinski definition) is 4. The van der Waals surface area contributed by atoms with Crippen LogP contribution in [0.5, 0.6) is 5.75 Å². The fourth-order valence-corrected chi connectivity index (χ4v) is 3.93. The zero-order chi connectivity index (χ0) is 16.8. The van der Waals surface area contributed by atoms with Crippen molar-refractivity contribution in [3.63, 3.8) is 0 Å². The lowest BCUT2D eigenvalue weighted by atomic mass is 10.1. The van der Waals surface area contributed by atoms with Gasteiger partial charge in [-0.25, -0.2) is 9.45 Å². The molecule has 2 unspecified atom stereocenters. The van der Waals surface area contributed by atoms with E-state index in [0.29, 0.717) is 28.5 Å². The molecule has 0 radical (unpaired) electrons. The summed E-state index contributed by atoms with van der Waals surface area (Å²) in [6, 6.07) is 6.27. The van der Waals surface area contributed by atoms with E-state index in [0.717, 1.165) is 12.8 Å². The number of ether oxygens (including phenoxy) is 1. The number of carbonyl (C=O) groups is 1. The second kappa shape index (κ2) is 5.70. The highest BCUT2D eigenvalue weighted by molar-refractivity contribution is 5.85. The number of carbonyl (C=O) groups excluding carboxylic acids is 1. The van der Waals surface area contributed by atoms with Crippen LogP contribution in [-0.4, -0.2) is 36.2 Å². The van der Waals surface area contributed by atoms with E-state index in [1.807, 2.05) is 0 Å². The minimum absolute atomic E-state index is 0.0439. The van der Waals surface area contributed by atoms with E-state index in [1.165, 1.54) is 24.3 Å². The number of hydrogen-bond donors (Lipinski definition) is 0. The summed E-state index contributed by atoms with van der Waals surface area (Å²) in [5.74, 6) is 1.18. The first kappa shape index (κ1) is 15.3.